The van der Waals surface area contributed by atoms with Gasteiger partial charge in [0.1, 0.15) is 5.82 Å². The van der Waals surface area contributed by atoms with E-state index in [0.29, 0.717) is 17.9 Å². The first-order chi connectivity index (χ1) is 14.0. The van der Waals surface area contributed by atoms with Crippen LogP contribution < -0.4 is 5.32 Å². The molecule has 1 amide bonds. The second-order valence-corrected chi connectivity index (χ2v) is 7.76. The van der Waals surface area contributed by atoms with Gasteiger partial charge in [-0.25, -0.2) is 9.36 Å². The standard InChI is InChI=1S/C22H20BrN5O/c1-15-4-3-5-19(12-15)28-16(2)20(13-25-28)22(29)26-21-10-11-24-27(21)14-17-6-8-18(23)9-7-17/h3-13H,14H2,1-2H3,(H,26,29). The molecule has 4 aromatic rings. The summed E-state index contributed by atoms with van der Waals surface area (Å²) >= 11 is 3.44. The lowest BCUT2D eigenvalue weighted by Gasteiger charge is -2.10. The van der Waals surface area contributed by atoms with Gasteiger partial charge in [-0.3, -0.25) is 4.79 Å². The maximum absolute atomic E-state index is 12.9. The molecule has 0 saturated heterocycles. The highest BCUT2D eigenvalue weighted by Crippen LogP contribution is 2.18. The first-order valence-electron chi connectivity index (χ1n) is 9.20. The lowest BCUT2D eigenvalue weighted by molar-refractivity contribution is 0.102. The molecule has 0 saturated carbocycles. The second kappa shape index (κ2) is 8.05. The summed E-state index contributed by atoms with van der Waals surface area (Å²) in [5, 5.41) is 11.7. The third-order valence-electron chi connectivity index (χ3n) is 4.70. The van der Waals surface area contributed by atoms with E-state index < -0.39 is 0 Å². The molecule has 0 aliphatic heterocycles. The molecule has 2 aromatic heterocycles. The van der Waals surface area contributed by atoms with Gasteiger partial charge in [0.2, 0.25) is 0 Å². The molecular weight excluding hydrogens is 430 g/mol. The number of benzene rings is 2. The molecule has 1 N–H and O–H groups in total. The minimum atomic E-state index is -0.209. The molecule has 0 spiro atoms. The summed E-state index contributed by atoms with van der Waals surface area (Å²) in [6.45, 7) is 4.49. The Balaban J connectivity index is 1.54. The minimum Gasteiger partial charge on any atom is -0.307 e. The third-order valence-corrected chi connectivity index (χ3v) is 5.23. The molecule has 29 heavy (non-hydrogen) atoms. The third kappa shape index (κ3) is 4.14. The zero-order chi connectivity index (χ0) is 20.4. The predicted molar refractivity (Wildman–Crippen MR) is 116 cm³/mol. The topological polar surface area (TPSA) is 64.7 Å². The Bertz CT molecular complexity index is 1160. The fourth-order valence-electron chi connectivity index (χ4n) is 3.16. The molecule has 0 radical (unpaired) electrons. The number of anilines is 1. The summed E-state index contributed by atoms with van der Waals surface area (Å²) in [4.78, 5) is 12.9. The first-order valence-corrected chi connectivity index (χ1v) is 10.00. The molecule has 7 heteroatoms. The molecule has 0 unspecified atom stereocenters. The molecule has 4 rings (SSSR count). The van der Waals surface area contributed by atoms with E-state index in [1.165, 1.54) is 0 Å². The molecule has 2 heterocycles. The Morgan fingerprint density at radius 3 is 2.62 bits per heavy atom. The van der Waals surface area contributed by atoms with Crippen molar-refractivity contribution in [3.05, 3.63) is 93.8 Å². The number of nitrogens with one attached hydrogen (secondary N) is 1. The number of nitrogens with zero attached hydrogens (tertiary/aromatic N) is 4. The molecule has 2 aromatic carbocycles. The van der Waals surface area contributed by atoms with Crippen LogP contribution in [0.1, 0.15) is 27.2 Å². The fourth-order valence-corrected chi connectivity index (χ4v) is 3.43. The number of rotatable bonds is 5. The maximum Gasteiger partial charge on any atom is 0.260 e. The van der Waals surface area contributed by atoms with Crippen LogP contribution in [0.15, 0.2) is 71.5 Å². The summed E-state index contributed by atoms with van der Waals surface area (Å²) < 4.78 is 4.57. The van der Waals surface area contributed by atoms with Gasteiger partial charge in [-0.2, -0.15) is 10.2 Å². The van der Waals surface area contributed by atoms with Crippen LogP contribution in [0.25, 0.3) is 5.69 Å². The number of hydrogen-bond donors (Lipinski definition) is 1. The van der Waals surface area contributed by atoms with E-state index >= 15 is 0 Å². The molecule has 0 fully saturated rings. The van der Waals surface area contributed by atoms with Crippen molar-refractivity contribution >= 4 is 27.7 Å². The minimum absolute atomic E-state index is 0.209. The van der Waals surface area contributed by atoms with Crippen LogP contribution in [-0.4, -0.2) is 25.5 Å². The summed E-state index contributed by atoms with van der Waals surface area (Å²) in [5.41, 5.74) is 4.48. The van der Waals surface area contributed by atoms with Crippen molar-refractivity contribution in [3.8, 4) is 5.69 Å². The zero-order valence-corrected chi connectivity index (χ0v) is 17.7. The van der Waals surface area contributed by atoms with Gasteiger partial charge < -0.3 is 5.32 Å². The highest BCUT2D eigenvalue weighted by atomic mass is 79.9. The summed E-state index contributed by atoms with van der Waals surface area (Å²) in [6.07, 6.45) is 3.28. The molecule has 0 aliphatic rings. The van der Waals surface area contributed by atoms with E-state index in [9.17, 15) is 4.79 Å². The van der Waals surface area contributed by atoms with E-state index in [2.05, 4.69) is 31.4 Å². The van der Waals surface area contributed by atoms with Crippen LogP contribution in [0.3, 0.4) is 0 Å². The Kier molecular flexibility index (Phi) is 5.31. The highest BCUT2D eigenvalue weighted by molar-refractivity contribution is 9.10. The molecule has 6 nitrogen and oxygen atoms in total. The SMILES string of the molecule is Cc1cccc(-n2ncc(C(=O)Nc3ccnn3Cc3ccc(Br)cc3)c2C)c1. The normalized spacial score (nSPS) is 10.9. The van der Waals surface area contributed by atoms with Crippen molar-refractivity contribution in [1.82, 2.24) is 19.6 Å². The van der Waals surface area contributed by atoms with Gasteiger partial charge in [0.25, 0.3) is 5.91 Å². The molecule has 0 aliphatic carbocycles. The number of carbonyl (C=O) groups excluding carboxylic acids is 1. The van der Waals surface area contributed by atoms with Gasteiger partial charge in [0.05, 0.1) is 35.9 Å². The van der Waals surface area contributed by atoms with E-state index in [1.807, 2.05) is 62.4 Å². The number of aryl methyl sites for hydroxylation is 1. The summed E-state index contributed by atoms with van der Waals surface area (Å²) in [6, 6.07) is 17.8. The number of amides is 1. The zero-order valence-electron chi connectivity index (χ0n) is 16.1. The molecule has 146 valence electrons. The number of carbonyl (C=O) groups is 1. The van der Waals surface area contributed by atoms with Crippen molar-refractivity contribution in [1.29, 1.82) is 0 Å². The van der Waals surface area contributed by atoms with Gasteiger partial charge >= 0.3 is 0 Å². The average Bonchev–Trinajstić information content (AvgIpc) is 3.30. The smallest absolute Gasteiger partial charge is 0.260 e. The van der Waals surface area contributed by atoms with Crippen LogP contribution in [0, 0.1) is 13.8 Å². The summed E-state index contributed by atoms with van der Waals surface area (Å²) in [5.74, 6) is 0.430. The fraction of sp³-hybridized carbons (Fsp3) is 0.136. The van der Waals surface area contributed by atoms with Gasteiger partial charge in [-0.1, -0.05) is 40.2 Å². The predicted octanol–water partition coefficient (Wildman–Crippen LogP) is 4.75. The van der Waals surface area contributed by atoms with E-state index in [4.69, 9.17) is 0 Å². The van der Waals surface area contributed by atoms with Crippen LogP contribution in [0.2, 0.25) is 0 Å². The molecule has 0 atom stereocenters. The Morgan fingerprint density at radius 2 is 1.86 bits per heavy atom. The summed E-state index contributed by atoms with van der Waals surface area (Å²) in [7, 11) is 0. The Morgan fingerprint density at radius 1 is 1.07 bits per heavy atom. The lowest BCUT2D eigenvalue weighted by atomic mass is 10.2. The van der Waals surface area contributed by atoms with Crippen LogP contribution in [0.4, 0.5) is 5.82 Å². The van der Waals surface area contributed by atoms with Gasteiger partial charge in [0.15, 0.2) is 0 Å². The molecular formula is C22H20BrN5O. The van der Waals surface area contributed by atoms with Gasteiger partial charge in [-0.05, 0) is 49.2 Å². The Labute approximate surface area is 177 Å². The second-order valence-electron chi connectivity index (χ2n) is 6.85. The Hall–Kier alpha value is -3.19. The largest absolute Gasteiger partial charge is 0.307 e. The number of hydrogen-bond acceptors (Lipinski definition) is 3. The van der Waals surface area contributed by atoms with Crippen LogP contribution in [0.5, 0.6) is 0 Å². The maximum atomic E-state index is 12.9. The highest BCUT2D eigenvalue weighted by Gasteiger charge is 2.17. The van der Waals surface area contributed by atoms with Crippen LogP contribution in [-0.2, 0) is 6.54 Å². The van der Waals surface area contributed by atoms with Crippen molar-refractivity contribution in [2.75, 3.05) is 5.32 Å². The van der Waals surface area contributed by atoms with E-state index in [1.54, 1.807) is 27.8 Å². The average molecular weight is 450 g/mol. The number of aromatic nitrogens is 4. The van der Waals surface area contributed by atoms with Gasteiger partial charge in [-0.15, -0.1) is 0 Å². The number of halogens is 1. The van der Waals surface area contributed by atoms with Crippen LogP contribution >= 0.6 is 15.9 Å². The van der Waals surface area contributed by atoms with E-state index in [-0.39, 0.29) is 5.91 Å². The lowest BCUT2D eigenvalue weighted by Crippen LogP contribution is -2.17. The quantitative estimate of drug-likeness (QED) is 0.478. The van der Waals surface area contributed by atoms with Crippen molar-refractivity contribution < 1.29 is 4.79 Å². The van der Waals surface area contributed by atoms with Crippen molar-refractivity contribution in [3.63, 3.8) is 0 Å². The van der Waals surface area contributed by atoms with Crippen molar-refractivity contribution in [2.45, 2.75) is 20.4 Å². The van der Waals surface area contributed by atoms with Gasteiger partial charge in [0, 0.05) is 10.5 Å². The van der Waals surface area contributed by atoms with E-state index in [0.717, 1.165) is 27.0 Å². The first kappa shape index (κ1) is 19.1. The monoisotopic (exact) mass is 449 g/mol. The van der Waals surface area contributed by atoms with Crippen molar-refractivity contribution in [2.24, 2.45) is 0 Å². The molecule has 0 bridgehead atoms.